The standard InChI is InChI=1S/C21H17N3O2/c1-23-18(12-16-8-4-2-5-9-16)15-24(20(25)14-22)19(21(23)26)13-17-10-6-3-7-11-17/h2-13H,15H2,1H3. The Kier molecular flexibility index (Phi) is 4.95. The zero-order valence-electron chi connectivity index (χ0n) is 14.3. The molecule has 0 atom stereocenters. The van der Waals surface area contributed by atoms with E-state index in [1.54, 1.807) is 19.2 Å². The zero-order valence-corrected chi connectivity index (χ0v) is 14.3. The predicted molar refractivity (Wildman–Crippen MR) is 98.9 cm³/mol. The molecule has 26 heavy (non-hydrogen) atoms. The maximum Gasteiger partial charge on any atom is 0.329 e. The number of carbonyl (C=O) groups excluding carboxylic acids is 2. The summed E-state index contributed by atoms with van der Waals surface area (Å²) in [6.45, 7) is 0.155. The number of likely N-dealkylation sites (N-methyl/N-ethyl adjacent to an activating group) is 1. The molecule has 1 heterocycles. The van der Waals surface area contributed by atoms with Gasteiger partial charge in [0.15, 0.2) is 6.07 Å². The number of nitrogens with zero attached hydrogens (tertiary/aromatic N) is 3. The van der Waals surface area contributed by atoms with Crippen molar-refractivity contribution in [3.8, 4) is 6.07 Å². The van der Waals surface area contributed by atoms with E-state index in [1.807, 2.05) is 66.7 Å². The molecule has 128 valence electrons. The molecule has 0 aliphatic carbocycles. The average Bonchev–Trinajstić information content (AvgIpc) is 2.68. The van der Waals surface area contributed by atoms with Gasteiger partial charge in [-0.2, -0.15) is 5.26 Å². The number of amides is 2. The minimum absolute atomic E-state index is 0.155. The van der Waals surface area contributed by atoms with Crippen molar-refractivity contribution >= 4 is 24.0 Å². The molecule has 0 radical (unpaired) electrons. The first-order valence-electron chi connectivity index (χ1n) is 8.12. The summed E-state index contributed by atoms with van der Waals surface area (Å²) in [5, 5.41) is 9.09. The molecular formula is C21H17N3O2. The summed E-state index contributed by atoms with van der Waals surface area (Å²) in [6, 6.07) is 20.4. The molecule has 5 heteroatoms. The summed E-state index contributed by atoms with van der Waals surface area (Å²) < 4.78 is 0. The van der Waals surface area contributed by atoms with Gasteiger partial charge in [0.2, 0.25) is 0 Å². The van der Waals surface area contributed by atoms with Crippen LogP contribution in [-0.4, -0.2) is 35.2 Å². The largest absolute Gasteiger partial charge is 0.329 e. The van der Waals surface area contributed by atoms with Crippen molar-refractivity contribution in [3.05, 3.63) is 83.2 Å². The highest BCUT2D eigenvalue weighted by Crippen LogP contribution is 2.25. The Labute approximate surface area is 152 Å². The van der Waals surface area contributed by atoms with Crippen molar-refractivity contribution in [2.45, 2.75) is 0 Å². The van der Waals surface area contributed by atoms with Crippen LogP contribution in [0.2, 0.25) is 0 Å². The summed E-state index contributed by atoms with van der Waals surface area (Å²) in [4.78, 5) is 27.8. The Balaban J connectivity index is 2.02. The van der Waals surface area contributed by atoms with Crippen molar-refractivity contribution < 1.29 is 9.59 Å². The molecule has 1 fully saturated rings. The second-order valence-corrected chi connectivity index (χ2v) is 5.85. The van der Waals surface area contributed by atoms with Crippen molar-refractivity contribution in [1.82, 2.24) is 9.80 Å². The fourth-order valence-corrected chi connectivity index (χ4v) is 2.74. The van der Waals surface area contributed by atoms with Gasteiger partial charge in [0.25, 0.3) is 5.91 Å². The van der Waals surface area contributed by atoms with Gasteiger partial charge in [0.05, 0.1) is 6.54 Å². The maximum atomic E-state index is 12.9. The minimum Gasteiger partial charge on any atom is -0.312 e. The van der Waals surface area contributed by atoms with Crippen LogP contribution in [-0.2, 0) is 9.59 Å². The first-order chi connectivity index (χ1) is 12.6. The third-order valence-electron chi connectivity index (χ3n) is 4.14. The second kappa shape index (κ2) is 7.49. The van der Waals surface area contributed by atoms with Crippen LogP contribution in [0.3, 0.4) is 0 Å². The molecule has 1 aliphatic rings. The van der Waals surface area contributed by atoms with Crippen LogP contribution >= 0.6 is 0 Å². The molecule has 0 spiro atoms. The summed E-state index contributed by atoms with van der Waals surface area (Å²) in [7, 11) is 1.67. The molecule has 0 bridgehead atoms. The van der Waals surface area contributed by atoms with Crippen molar-refractivity contribution in [2.24, 2.45) is 0 Å². The Hall–Kier alpha value is -3.65. The lowest BCUT2D eigenvalue weighted by atomic mass is 10.1. The van der Waals surface area contributed by atoms with Crippen molar-refractivity contribution in [2.75, 3.05) is 13.6 Å². The first-order valence-corrected chi connectivity index (χ1v) is 8.12. The molecule has 1 saturated heterocycles. The number of piperazine rings is 1. The Bertz CT molecular complexity index is 925. The number of hydrogen-bond acceptors (Lipinski definition) is 3. The smallest absolute Gasteiger partial charge is 0.312 e. The minimum atomic E-state index is -0.757. The lowest BCUT2D eigenvalue weighted by Crippen LogP contribution is -2.47. The van der Waals surface area contributed by atoms with E-state index in [0.717, 1.165) is 11.1 Å². The van der Waals surface area contributed by atoms with Gasteiger partial charge in [0.1, 0.15) is 5.70 Å². The van der Waals surface area contributed by atoms with Gasteiger partial charge in [-0.05, 0) is 23.3 Å². The number of benzene rings is 2. The van der Waals surface area contributed by atoms with Gasteiger partial charge in [-0.25, -0.2) is 0 Å². The normalized spacial score (nSPS) is 17.5. The fraction of sp³-hybridized carbons (Fsp3) is 0.0952. The molecule has 0 saturated carbocycles. The summed E-state index contributed by atoms with van der Waals surface area (Å²) in [6.07, 6.45) is 3.47. The van der Waals surface area contributed by atoms with Crippen LogP contribution in [0.5, 0.6) is 0 Å². The SMILES string of the molecule is CN1C(=O)C(=Cc2ccccc2)N(C(=O)C#N)CC1=Cc1ccccc1. The quantitative estimate of drug-likeness (QED) is 0.622. The second-order valence-electron chi connectivity index (χ2n) is 5.85. The predicted octanol–water partition coefficient (Wildman–Crippen LogP) is 2.89. The number of carbonyl (C=O) groups is 2. The van der Waals surface area contributed by atoms with Crippen LogP contribution in [0.15, 0.2) is 72.1 Å². The molecule has 2 aromatic rings. The Morgan fingerprint density at radius 1 is 1.00 bits per heavy atom. The van der Waals surface area contributed by atoms with E-state index in [9.17, 15) is 9.59 Å². The molecule has 0 unspecified atom stereocenters. The third kappa shape index (κ3) is 3.55. The van der Waals surface area contributed by atoms with E-state index in [2.05, 4.69) is 0 Å². The molecule has 2 amide bonds. The van der Waals surface area contributed by atoms with Crippen LogP contribution in [0.1, 0.15) is 11.1 Å². The van der Waals surface area contributed by atoms with E-state index >= 15 is 0 Å². The lowest BCUT2D eigenvalue weighted by molar-refractivity contribution is -0.133. The topological polar surface area (TPSA) is 64.4 Å². The molecule has 3 rings (SSSR count). The first kappa shape index (κ1) is 17.2. The number of nitriles is 1. The average molecular weight is 343 g/mol. The summed E-state index contributed by atoms with van der Waals surface area (Å²) >= 11 is 0. The molecular weight excluding hydrogens is 326 g/mol. The summed E-state index contributed by atoms with van der Waals surface area (Å²) in [5.74, 6) is -1.08. The highest BCUT2D eigenvalue weighted by Gasteiger charge is 2.33. The van der Waals surface area contributed by atoms with Gasteiger partial charge >= 0.3 is 5.91 Å². The van der Waals surface area contributed by atoms with E-state index in [4.69, 9.17) is 5.26 Å². The van der Waals surface area contributed by atoms with E-state index in [-0.39, 0.29) is 18.1 Å². The highest BCUT2D eigenvalue weighted by molar-refractivity contribution is 6.06. The van der Waals surface area contributed by atoms with Gasteiger partial charge < -0.3 is 4.90 Å². The number of rotatable bonds is 2. The van der Waals surface area contributed by atoms with Crippen LogP contribution in [0.25, 0.3) is 12.2 Å². The van der Waals surface area contributed by atoms with Gasteiger partial charge in [0, 0.05) is 12.7 Å². The van der Waals surface area contributed by atoms with Gasteiger partial charge in [-0.1, -0.05) is 60.7 Å². The molecule has 0 aromatic heterocycles. The van der Waals surface area contributed by atoms with Crippen LogP contribution in [0, 0.1) is 11.3 Å². The van der Waals surface area contributed by atoms with Gasteiger partial charge in [-0.15, -0.1) is 0 Å². The monoisotopic (exact) mass is 343 g/mol. The lowest BCUT2D eigenvalue weighted by Gasteiger charge is -2.35. The summed E-state index contributed by atoms with van der Waals surface area (Å²) in [5.41, 5.74) is 2.54. The van der Waals surface area contributed by atoms with E-state index < -0.39 is 5.91 Å². The van der Waals surface area contributed by atoms with Crippen LogP contribution in [0.4, 0.5) is 0 Å². The molecule has 2 aromatic carbocycles. The Morgan fingerprint density at radius 2 is 1.54 bits per heavy atom. The Morgan fingerprint density at radius 3 is 2.08 bits per heavy atom. The third-order valence-corrected chi connectivity index (χ3v) is 4.14. The number of hydrogen-bond donors (Lipinski definition) is 0. The van der Waals surface area contributed by atoms with E-state index in [1.165, 1.54) is 9.80 Å². The van der Waals surface area contributed by atoms with Gasteiger partial charge in [-0.3, -0.25) is 14.5 Å². The van der Waals surface area contributed by atoms with E-state index in [0.29, 0.717) is 5.70 Å². The molecule has 1 aliphatic heterocycles. The molecule has 0 N–H and O–H groups in total. The van der Waals surface area contributed by atoms with Crippen LogP contribution < -0.4 is 0 Å². The molecule has 5 nitrogen and oxygen atoms in total. The van der Waals surface area contributed by atoms with Crippen molar-refractivity contribution in [1.29, 1.82) is 5.26 Å². The highest BCUT2D eigenvalue weighted by atomic mass is 16.2. The fourth-order valence-electron chi connectivity index (χ4n) is 2.74. The van der Waals surface area contributed by atoms with Crippen molar-refractivity contribution in [3.63, 3.8) is 0 Å². The maximum absolute atomic E-state index is 12.9. The zero-order chi connectivity index (χ0) is 18.5.